The molecule has 0 saturated carbocycles. The Kier molecular flexibility index (Phi) is 4.94. The molecule has 0 N–H and O–H groups in total. The van der Waals surface area contributed by atoms with Crippen molar-refractivity contribution in [3.05, 3.63) is 158 Å². The highest BCUT2D eigenvalue weighted by Crippen LogP contribution is 2.44. The minimum atomic E-state index is 0.670. The highest BCUT2D eigenvalue weighted by atomic mass is 15.2. The van der Waals surface area contributed by atoms with E-state index in [4.69, 9.17) is 9.97 Å². The quantitative estimate of drug-likeness (QED) is 0.190. The summed E-state index contributed by atoms with van der Waals surface area (Å²) in [4.78, 5) is 10.7. The number of fused-ring (bicyclic) bond motifs is 14. The second-order valence-electron chi connectivity index (χ2n) is 13.4. The molecule has 4 aromatic heterocycles. The summed E-state index contributed by atoms with van der Waals surface area (Å²) in [5.41, 5.74) is 8.90. The lowest BCUT2D eigenvalue weighted by Crippen LogP contribution is -2.03. The van der Waals surface area contributed by atoms with Crippen molar-refractivity contribution < 1.29 is 0 Å². The topological polar surface area (TPSA) is 35.1 Å². The van der Waals surface area contributed by atoms with Gasteiger partial charge in [-0.1, -0.05) is 133 Å². The summed E-state index contributed by atoms with van der Waals surface area (Å²) in [7, 11) is 0. The first kappa shape index (κ1) is 26.2. The van der Waals surface area contributed by atoms with Crippen molar-refractivity contribution in [3.63, 3.8) is 0 Å². The Hall–Kier alpha value is -6.78. The molecule has 0 spiro atoms. The number of rotatable bonds is 2. The molecule has 0 amide bonds. The van der Waals surface area contributed by atoms with Crippen LogP contribution in [0.4, 0.5) is 0 Å². The van der Waals surface area contributed by atoms with Gasteiger partial charge in [0, 0.05) is 54.0 Å². The lowest BCUT2D eigenvalue weighted by molar-refractivity contribution is 1.02. The molecular weight excluding hydrogens is 609 g/mol. The second kappa shape index (κ2) is 9.43. The van der Waals surface area contributed by atoms with Crippen LogP contribution < -0.4 is 0 Å². The fourth-order valence-electron chi connectivity index (χ4n) is 8.70. The average Bonchev–Trinajstić information content (AvgIpc) is 3.83. The maximum Gasteiger partial charge on any atom is 0.235 e. The van der Waals surface area contributed by atoms with E-state index in [1.165, 1.54) is 70.4 Å². The highest BCUT2D eigenvalue weighted by Gasteiger charge is 2.23. The van der Waals surface area contributed by atoms with Gasteiger partial charge in [-0.25, -0.2) is 9.97 Å². The Morgan fingerprint density at radius 3 is 1.68 bits per heavy atom. The van der Waals surface area contributed by atoms with Gasteiger partial charge in [-0.05, 0) is 35.0 Å². The molecule has 50 heavy (non-hydrogen) atoms. The van der Waals surface area contributed by atoms with Gasteiger partial charge in [0.1, 0.15) is 0 Å². The third kappa shape index (κ3) is 3.30. The SMILES string of the molecule is c1ccc2cc(-c3nc(-n4c5ccccc5c5ccc6c(ccc7c8cccc9c%10ccccc%10n(c67)c98)c54)nc4ccccc34)ccc2c1. The third-order valence-electron chi connectivity index (χ3n) is 10.8. The van der Waals surface area contributed by atoms with Gasteiger partial charge in [-0.2, -0.15) is 0 Å². The van der Waals surface area contributed by atoms with E-state index in [2.05, 4.69) is 167 Å². The van der Waals surface area contributed by atoms with Crippen LogP contribution in [0.5, 0.6) is 0 Å². The predicted molar refractivity (Wildman–Crippen MR) is 209 cm³/mol. The largest absolute Gasteiger partial charge is 0.307 e. The molecule has 4 nitrogen and oxygen atoms in total. The number of hydrogen-bond acceptors (Lipinski definition) is 2. The number of nitrogens with zero attached hydrogens (tertiary/aromatic N) is 4. The third-order valence-corrected chi connectivity index (χ3v) is 10.8. The number of para-hydroxylation sites is 4. The van der Waals surface area contributed by atoms with Crippen molar-refractivity contribution in [1.82, 2.24) is 18.9 Å². The average molecular weight is 635 g/mol. The van der Waals surface area contributed by atoms with E-state index in [1.54, 1.807) is 0 Å². The minimum absolute atomic E-state index is 0.670. The van der Waals surface area contributed by atoms with E-state index in [1.807, 2.05) is 0 Å². The van der Waals surface area contributed by atoms with Gasteiger partial charge in [0.15, 0.2) is 0 Å². The van der Waals surface area contributed by atoms with Crippen molar-refractivity contribution in [2.75, 3.05) is 0 Å². The molecule has 0 saturated heterocycles. The molecule has 0 unspecified atom stereocenters. The van der Waals surface area contributed by atoms with Crippen LogP contribution >= 0.6 is 0 Å². The summed E-state index contributed by atoms with van der Waals surface area (Å²) in [6.07, 6.45) is 0. The summed E-state index contributed by atoms with van der Waals surface area (Å²) in [6, 6.07) is 56.9. The van der Waals surface area contributed by atoms with E-state index in [0.29, 0.717) is 5.95 Å². The van der Waals surface area contributed by atoms with Crippen LogP contribution in [-0.4, -0.2) is 18.9 Å². The van der Waals surface area contributed by atoms with Gasteiger partial charge in [0.2, 0.25) is 5.95 Å². The molecule has 0 bridgehead atoms. The van der Waals surface area contributed by atoms with E-state index in [-0.39, 0.29) is 0 Å². The Morgan fingerprint density at radius 2 is 0.900 bits per heavy atom. The van der Waals surface area contributed by atoms with Crippen LogP contribution in [0.15, 0.2) is 158 Å². The highest BCUT2D eigenvalue weighted by molar-refractivity contribution is 6.30. The fourth-order valence-corrected chi connectivity index (χ4v) is 8.70. The Balaban J connectivity index is 1.24. The van der Waals surface area contributed by atoms with E-state index >= 15 is 0 Å². The zero-order valence-corrected chi connectivity index (χ0v) is 26.8. The number of hydrogen-bond donors (Lipinski definition) is 0. The molecular formula is C46H26N4. The Morgan fingerprint density at radius 1 is 0.360 bits per heavy atom. The lowest BCUT2D eigenvalue weighted by Gasteiger charge is -2.13. The van der Waals surface area contributed by atoms with Crippen LogP contribution in [0.3, 0.4) is 0 Å². The second-order valence-corrected chi connectivity index (χ2v) is 13.4. The van der Waals surface area contributed by atoms with Gasteiger partial charge >= 0.3 is 0 Å². The van der Waals surface area contributed by atoms with E-state index in [0.717, 1.165) is 33.2 Å². The van der Waals surface area contributed by atoms with Gasteiger partial charge in [0.05, 0.1) is 38.8 Å². The first-order valence-electron chi connectivity index (χ1n) is 17.1. The Labute approximate surface area is 285 Å². The standard InChI is InChI=1S/C46H26N4/c1-2-11-28-26-29(21-20-27(28)10-1)42-38-14-3-6-17-39(38)47-46(48-42)50-41-19-8-5-13-31(41)34-22-23-36-37(45(34)50)25-24-35-33-16-9-15-32-30-12-4-7-18-40(30)49(43(32)33)44(35)36/h1-26H. The monoisotopic (exact) mass is 634 g/mol. The van der Waals surface area contributed by atoms with Crippen molar-refractivity contribution in [3.8, 4) is 17.2 Å². The molecule has 12 rings (SSSR count). The molecule has 0 radical (unpaired) electrons. The summed E-state index contributed by atoms with van der Waals surface area (Å²) >= 11 is 0. The summed E-state index contributed by atoms with van der Waals surface area (Å²) in [5, 5.41) is 13.4. The van der Waals surface area contributed by atoms with Crippen molar-refractivity contribution >= 4 is 92.3 Å². The zero-order chi connectivity index (χ0) is 32.5. The van der Waals surface area contributed by atoms with Gasteiger partial charge in [0.25, 0.3) is 0 Å². The molecule has 4 heterocycles. The van der Waals surface area contributed by atoms with Crippen LogP contribution in [-0.2, 0) is 0 Å². The molecule has 4 heteroatoms. The smallest absolute Gasteiger partial charge is 0.235 e. The van der Waals surface area contributed by atoms with Gasteiger partial charge in [-0.3, -0.25) is 4.57 Å². The molecule has 230 valence electrons. The van der Waals surface area contributed by atoms with Gasteiger partial charge in [-0.15, -0.1) is 0 Å². The van der Waals surface area contributed by atoms with Crippen LogP contribution in [0.25, 0.3) is 110 Å². The molecule has 12 aromatic rings. The Bertz CT molecular complexity index is 3380. The van der Waals surface area contributed by atoms with Gasteiger partial charge < -0.3 is 4.40 Å². The fraction of sp³-hybridized carbons (Fsp3) is 0. The number of benzene rings is 8. The lowest BCUT2D eigenvalue weighted by atomic mass is 10.0. The summed E-state index contributed by atoms with van der Waals surface area (Å²) < 4.78 is 4.78. The predicted octanol–water partition coefficient (Wildman–Crippen LogP) is 11.9. The minimum Gasteiger partial charge on any atom is -0.307 e. The summed E-state index contributed by atoms with van der Waals surface area (Å²) in [6.45, 7) is 0. The van der Waals surface area contributed by atoms with Crippen molar-refractivity contribution in [2.45, 2.75) is 0 Å². The first-order chi connectivity index (χ1) is 24.8. The summed E-state index contributed by atoms with van der Waals surface area (Å²) in [5.74, 6) is 0.670. The number of aromatic nitrogens is 4. The van der Waals surface area contributed by atoms with Crippen LogP contribution in [0.2, 0.25) is 0 Å². The van der Waals surface area contributed by atoms with Crippen LogP contribution in [0.1, 0.15) is 0 Å². The molecule has 0 aliphatic heterocycles. The zero-order valence-electron chi connectivity index (χ0n) is 26.8. The molecule has 0 aliphatic carbocycles. The molecule has 0 fully saturated rings. The molecule has 0 atom stereocenters. The van der Waals surface area contributed by atoms with E-state index in [9.17, 15) is 0 Å². The van der Waals surface area contributed by atoms with E-state index < -0.39 is 0 Å². The first-order valence-corrected chi connectivity index (χ1v) is 17.1. The maximum absolute atomic E-state index is 5.44. The molecule has 0 aliphatic rings. The van der Waals surface area contributed by atoms with Crippen LogP contribution in [0, 0.1) is 0 Å². The van der Waals surface area contributed by atoms with Crippen molar-refractivity contribution in [2.24, 2.45) is 0 Å². The molecule has 8 aromatic carbocycles. The normalized spacial score (nSPS) is 12.4. The van der Waals surface area contributed by atoms with Crippen molar-refractivity contribution in [1.29, 1.82) is 0 Å². The maximum atomic E-state index is 5.44.